The van der Waals surface area contributed by atoms with Gasteiger partial charge in [-0.2, -0.15) is 0 Å². The lowest BCUT2D eigenvalue weighted by Crippen LogP contribution is -2.41. The molecule has 2 atom stereocenters. The van der Waals surface area contributed by atoms with Crippen molar-refractivity contribution >= 4 is 17.4 Å². The van der Waals surface area contributed by atoms with Crippen LogP contribution in [-0.4, -0.2) is 34.5 Å². The number of nitrogens with two attached hydrogens (primary N) is 2. The summed E-state index contributed by atoms with van der Waals surface area (Å²) in [4.78, 5) is 23.0. The van der Waals surface area contributed by atoms with Gasteiger partial charge in [-0.25, -0.2) is 5.01 Å². The summed E-state index contributed by atoms with van der Waals surface area (Å²) in [6, 6.07) is 15.5. The van der Waals surface area contributed by atoms with E-state index in [0.29, 0.717) is 19.4 Å². The number of aliphatic carboxylic acids is 1. The molecular weight excluding hydrogens is 378 g/mol. The van der Waals surface area contributed by atoms with E-state index in [1.165, 1.54) is 41.0 Å². The second-order valence-electron chi connectivity index (χ2n) is 8.17. The van der Waals surface area contributed by atoms with Gasteiger partial charge in [0.2, 0.25) is 0 Å². The molecule has 0 saturated carbocycles. The summed E-state index contributed by atoms with van der Waals surface area (Å²) in [5.41, 5.74) is 10.7. The summed E-state index contributed by atoms with van der Waals surface area (Å²) in [5.74, 6) is 4.56. The number of nitrogen functional groups attached to an aromatic ring is 1. The van der Waals surface area contributed by atoms with Gasteiger partial charge < -0.3 is 10.8 Å². The molecule has 5 N–H and O–H groups in total. The van der Waals surface area contributed by atoms with Gasteiger partial charge in [0.1, 0.15) is 11.8 Å². The number of carbonyl (C=O) groups excluding carboxylic acids is 1. The number of anilines is 1. The molecule has 0 amide bonds. The first-order valence-corrected chi connectivity index (χ1v) is 10.6. The van der Waals surface area contributed by atoms with Crippen LogP contribution in [0.25, 0.3) is 0 Å². The van der Waals surface area contributed by atoms with Gasteiger partial charge in [-0.3, -0.25) is 15.4 Å². The number of aryl methyl sites for hydroxylation is 3. The largest absolute Gasteiger partial charge is 0.480 e. The Bertz CT molecular complexity index is 869. The van der Waals surface area contributed by atoms with Crippen molar-refractivity contribution < 1.29 is 14.7 Å². The van der Waals surface area contributed by atoms with E-state index in [4.69, 9.17) is 16.7 Å². The molecule has 0 aromatic heterocycles. The molecule has 1 aliphatic heterocycles. The average Bonchev–Trinajstić information content (AvgIpc) is 3.35. The first-order chi connectivity index (χ1) is 14.4. The van der Waals surface area contributed by atoms with Crippen molar-refractivity contribution in [1.29, 1.82) is 0 Å². The molecule has 160 valence electrons. The summed E-state index contributed by atoms with van der Waals surface area (Å²) in [7, 11) is 0. The van der Waals surface area contributed by atoms with Crippen LogP contribution in [0.5, 0.6) is 0 Å². The number of hydrogen-bond donors (Lipinski definition) is 3. The van der Waals surface area contributed by atoms with E-state index in [-0.39, 0.29) is 11.7 Å². The van der Waals surface area contributed by atoms with Crippen molar-refractivity contribution in [3.05, 3.63) is 65.2 Å². The number of rotatable bonds is 6. The van der Waals surface area contributed by atoms with Gasteiger partial charge in [0.05, 0.1) is 0 Å². The molecule has 1 fully saturated rings. The van der Waals surface area contributed by atoms with Crippen LogP contribution in [0, 0.1) is 5.92 Å². The molecule has 0 unspecified atom stereocenters. The smallest absolute Gasteiger partial charge is 0.322 e. The van der Waals surface area contributed by atoms with Gasteiger partial charge in [0, 0.05) is 24.6 Å². The van der Waals surface area contributed by atoms with Gasteiger partial charge >= 0.3 is 5.97 Å². The Morgan fingerprint density at radius 1 is 1.07 bits per heavy atom. The molecule has 1 aliphatic carbocycles. The van der Waals surface area contributed by atoms with Crippen LogP contribution in [0.3, 0.4) is 0 Å². The number of carboxylic acids is 1. The minimum atomic E-state index is -0.952. The minimum Gasteiger partial charge on any atom is -0.480 e. The molecule has 6 heteroatoms. The summed E-state index contributed by atoms with van der Waals surface area (Å²) in [5, 5.41) is 10.2. The molecule has 1 saturated heterocycles. The number of hydrogen-bond acceptors (Lipinski definition) is 5. The Labute approximate surface area is 177 Å². The highest BCUT2D eigenvalue weighted by Crippen LogP contribution is 2.24. The normalized spacial score (nSPS) is 20.3. The monoisotopic (exact) mass is 409 g/mol. The summed E-state index contributed by atoms with van der Waals surface area (Å²) >= 11 is 0. The maximum absolute atomic E-state index is 12.1. The molecule has 0 spiro atoms. The lowest BCUT2D eigenvalue weighted by atomic mass is 9.96. The standard InChI is InChI=1S/C15H20N2O3.C9H11N/c16-17-10-12(9-13(17)15(19)20)14(18)8-4-7-11-5-2-1-3-6-11;10-9-5-4-7-2-1-3-8(7)6-9/h1-3,5-6,12-13H,4,7-10,16H2,(H,19,20);4-6H,1-3,10H2/t12-,13+;/m1./s1. The van der Waals surface area contributed by atoms with Gasteiger partial charge in [0.15, 0.2) is 0 Å². The van der Waals surface area contributed by atoms with Crippen LogP contribution >= 0.6 is 0 Å². The highest BCUT2D eigenvalue weighted by atomic mass is 16.4. The minimum absolute atomic E-state index is 0.125. The number of nitrogens with zero attached hydrogens (tertiary/aromatic N) is 1. The Kier molecular flexibility index (Phi) is 7.60. The van der Waals surface area contributed by atoms with E-state index >= 15 is 0 Å². The van der Waals surface area contributed by atoms with Gasteiger partial charge in [-0.15, -0.1) is 0 Å². The van der Waals surface area contributed by atoms with Gasteiger partial charge in [0.25, 0.3) is 0 Å². The Hall–Kier alpha value is -2.70. The van der Waals surface area contributed by atoms with Crippen molar-refractivity contribution in [1.82, 2.24) is 5.01 Å². The molecule has 1 heterocycles. The Morgan fingerprint density at radius 3 is 2.50 bits per heavy atom. The first-order valence-electron chi connectivity index (χ1n) is 10.6. The molecule has 2 aromatic rings. The van der Waals surface area contributed by atoms with Crippen molar-refractivity contribution in [3.8, 4) is 0 Å². The van der Waals surface area contributed by atoms with Gasteiger partial charge in [-0.05, 0) is 67.3 Å². The van der Waals surface area contributed by atoms with Crippen LogP contribution in [0.1, 0.15) is 42.4 Å². The Balaban J connectivity index is 0.000000212. The maximum atomic E-state index is 12.1. The summed E-state index contributed by atoms with van der Waals surface area (Å²) < 4.78 is 0. The fourth-order valence-electron chi connectivity index (χ4n) is 4.24. The number of carbonyl (C=O) groups is 2. The third-order valence-electron chi connectivity index (χ3n) is 5.93. The van der Waals surface area contributed by atoms with Crippen LogP contribution in [0.2, 0.25) is 0 Å². The number of hydrazine groups is 1. The molecule has 0 bridgehead atoms. The highest BCUT2D eigenvalue weighted by molar-refractivity contribution is 5.83. The number of carboxylic acid groups (broad SMARTS) is 1. The van der Waals surface area contributed by atoms with E-state index in [0.717, 1.165) is 18.5 Å². The third kappa shape index (κ3) is 5.90. The zero-order chi connectivity index (χ0) is 21.5. The molecule has 4 rings (SSSR count). The maximum Gasteiger partial charge on any atom is 0.322 e. The first kappa shape index (κ1) is 22.0. The van der Waals surface area contributed by atoms with E-state index in [9.17, 15) is 9.59 Å². The van der Waals surface area contributed by atoms with Crippen molar-refractivity contribution in [2.24, 2.45) is 11.8 Å². The predicted molar refractivity (Wildman–Crippen MR) is 118 cm³/mol. The molecule has 2 aliphatic rings. The summed E-state index contributed by atoms with van der Waals surface area (Å²) in [6.07, 6.45) is 6.25. The van der Waals surface area contributed by atoms with Crippen molar-refractivity contribution in [3.63, 3.8) is 0 Å². The molecule has 0 radical (unpaired) electrons. The Morgan fingerprint density at radius 2 is 1.80 bits per heavy atom. The zero-order valence-corrected chi connectivity index (χ0v) is 17.3. The summed E-state index contributed by atoms with van der Waals surface area (Å²) in [6.45, 7) is 0.348. The molecule has 2 aromatic carbocycles. The van der Waals surface area contributed by atoms with E-state index < -0.39 is 12.0 Å². The lowest BCUT2D eigenvalue weighted by molar-refractivity contribution is -0.142. The van der Waals surface area contributed by atoms with E-state index in [1.54, 1.807) is 0 Å². The number of Topliss-reactive ketones (excluding diaryl/α,β-unsaturated/α-hetero) is 1. The van der Waals surface area contributed by atoms with Crippen LogP contribution in [0.15, 0.2) is 48.5 Å². The highest BCUT2D eigenvalue weighted by Gasteiger charge is 2.38. The molecular formula is C24H31N3O3. The quantitative estimate of drug-likeness (QED) is 0.500. The zero-order valence-electron chi connectivity index (χ0n) is 17.3. The van der Waals surface area contributed by atoms with Crippen LogP contribution in [-0.2, 0) is 28.9 Å². The van der Waals surface area contributed by atoms with E-state index in [2.05, 4.69) is 12.1 Å². The van der Waals surface area contributed by atoms with Crippen molar-refractivity contribution in [2.45, 2.75) is 51.0 Å². The van der Waals surface area contributed by atoms with E-state index in [1.807, 2.05) is 36.4 Å². The second kappa shape index (κ2) is 10.4. The van der Waals surface area contributed by atoms with Crippen LogP contribution in [0.4, 0.5) is 5.69 Å². The molecule has 30 heavy (non-hydrogen) atoms. The van der Waals surface area contributed by atoms with Crippen LogP contribution < -0.4 is 11.6 Å². The number of benzene rings is 2. The third-order valence-corrected chi connectivity index (χ3v) is 5.93. The van der Waals surface area contributed by atoms with Gasteiger partial charge in [-0.1, -0.05) is 36.4 Å². The van der Waals surface area contributed by atoms with Crippen molar-refractivity contribution in [2.75, 3.05) is 12.3 Å². The predicted octanol–water partition coefficient (Wildman–Crippen LogP) is 2.98. The SMILES string of the molecule is NN1C[C@H](C(=O)CCCc2ccccc2)C[C@H]1C(=O)O.Nc1ccc2c(c1)CCC2. The topological polar surface area (TPSA) is 110 Å². The molecule has 6 nitrogen and oxygen atoms in total. The number of ketones is 1. The average molecular weight is 410 g/mol. The fourth-order valence-corrected chi connectivity index (χ4v) is 4.24. The number of fused-ring (bicyclic) bond motifs is 1. The lowest BCUT2D eigenvalue weighted by Gasteiger charge is -2.12. The second-order valence-corrected chi connectivity index (χ2v) is 8.17. The fraction of sp³-hybridized carbons (Fsp3) is 0.417.